The lowest BCUT2D eigenvalue weighted by molar-refractivity contribution is 0.301. The summed E-state index contributed by atoms with van der Waals surface area (Å²) in [6.07, 6.45) is 4.86. The van der Waals surface area contributed by atoms with Gasteiger partial charge < -0.3 is 4.74 Å². The van der Waals surface area contributed by atoms with Crippen molar-refractivity contribution in [1.82, 2.24) is 0 Å². The molecule has 0 saturated heterocycles. The Bertz CT molecular complexity index is 347. The summed E-state index contributed by atoms with van der Waals surface area (Å²) in [5, 5.41) is 0. The van der Waals surface area contributed by atoms with Crippen LogP contribution in [0.1, 0.15) is 42.4 Å². The van der Waals surface area contributed by atoms with Crippen LogP contribution in [-0.2, 0) is 0 Å². The molecule has 0 amide bonds. The fourth-order valence-corrected chi connectivity index (χ4v) is 2.11. The van der Waals surface area contributed by atoms with E-state index in [-0.39, 0.29) is 0 Å². The predicted octanol–water partition coefficient (Wildman–Crippen LogP) is 4.48. The van der Waals surface area contributed by atoms with Crippen molar-refractivity contribution in [2.75, 3.05) is 12.4 Å². The van der Waals surface area contributed by atoms with Gasteiger partial charge in [-0.3, -0.25) is 0 Å². The highest BCUT2D eigenvalue weighted by Gasteiger charge is 2.05. The Morgan fingerprint density at radius 3 is 2.29 bits per heavy atom. The SMILES string of the molecule is Cc1ccc(C)c(OCCCCCCS)c1C. The van der Waals surface area contributed by atoms with Gasteiger partial charge in [-0.1, -0.05) is 25.0 Å². The van der Waals surface area contributed by atoms with Crippen LogP contribution in [0.4, 0.5) is 0 Å². The summed E-state index contributed by atoms with van der Waals surface area (Å²) in [6, 6.07) is 4.29. The van der Waals surface area contributed by atoms with Crippen molar-refractivity contribution < 1.29 is 4.74 Å². The molecule has 0 fully saturated rings. The zero-order chi connectivity index (χ0) is 12.7. The minimum absolute atomic E-state index is 0.831. The van der Waals surface area contributed by atoms with E-state index >= 15 is 0 Å². The average Bonchev–Trinajstić information content (AvgIpc) is 2.32. The number of hydrogen-bond acceptors (Lipinski definition) is 2. The number of thiol groups is 1. The average molecular weight is 252 g/mol. The van der Waals surface area contributed by atoms with Crippen LogP contribution >= 0.6 is 12.6 Å². The Morgan fingerprint density at radius 1 is 0.941 bits per heavy atom. The van der Waals surface area contributed by atoms with E-state index in [0.717, 1.165) is 24.5 Å². The first kappa shape index (κ1) is 14.4. The van der Waals surface area contributed by atoms with Crippen LogP contribution in [-0.4, -0.2) is 12.4 Å². The van der Waals surface area contributed by atoms with E-state index in [1.54, 1.807) is 0 Å². The molecule has 1 rings (SSSR count). The van der Waals surface area contributed by atoms with Crippen molar-refractivity contribution in [1.29, 1.82) is 0 Å². The highest BCUT2D eigenvalue weighted by molar-refractivity contribution is 7.80. The number of rotatable bonds is 7. The third kappa shape index (κ3) is 4.63. The van der Waals surface area contributed by atoms with Gasteiger partial charge in [-0.25, -0.2) is 0 Å². The first-order valence-electron chi connectivity index (χ1n) is 6.47. The minimum atomic E-state index is 0.831. The maximum absolute atomic E-state index is 5.91. The maximum Gasteiger partial charge on any atom is 0.125 e. The molecule has 1 aromatic carbocycles. The zero-order valence-corrected chi connectivity index (χ0v) is 12.1. The van der Waals surface area contributed by atoms with Gasteiger partial charge in [0.25, 0.3) is 0 Å². The van der Waals surface area contributed by atoms with Crippen LogP contribution < -0.4 is 4.74 Å². The summed E-state index contributed by atoms with van der Waals surface area (Å²) >= 11 is 4.21. The first-order valence-corrected chi connectivity index (χ1v) is 7.10. The number of hydrogen-bond donors (Lipinski definition) is 1. The lowest BCUT2D eigenvalue weighted by atomic mass is 10.1. The summed E-state index contributed by atoms with van der Waals surface area (Å²) in [6.45, 7) is 7.22. The smallest absolute Gasteiger partial charge is 0.125 e. The highest BCUT2D eigenvalue weighted by Crippen LogP contribution is 2.25. The van der Waals surface area contributed by atoms with E-state index in [1.165, 1.54) is 36.0 Å². The Kier molecular flexibility index (Phi) is 6.49. The fraction of sp³-hybridized carbons (Fsp3) is 0.600. The molecule has 96 valence electrons. The molecule has 0 heterocycles. The van der Waals surface area contributed by atoms with Crippen molar-refractivity contribution >= 4 is 12.6 Å². The normalized spacial score (nSPS) is 10.6. The van der Waals surface area contributed by atoms with Gasteiger partial charge in [0.2, 0.25) is 0 Å². The van der Waals surface area contributed by atoms with E-state index in [0.29, 0.717) is 0 Å². The molecule has 0 saturated carbocycles. The van der Waals surface area contributed by atoms with Crippen LogP contribution in [0.25, 0.3) is 0 Å². The number of ether oxygens (including phenoxy) is 1. The quantitative estimate of drug-likeness (QED) is 0.556. The van der Waals surface area contributed by atoms with Crippen molar-refractivity contribution in [3.63, 3.8) is 0 Å². The molecular formula is C15H24OS. The predicted molar refractivity (Wildman–Crippen MR) is 78.5 cm³/mol. The Hall–Kier alpha value is -0.630. The van der Waals surface area contributed by atoms with Gasteiger partial charge in [0.1, 0.15) is 5.75 Å². The topological polar surface area (TPSA) is 9.23 Å². The van der Waals surface area contributed by atoms with Gasteiger partial charge >= 0.3 is 0 Å². The summed E-state index contributed by atoms with van der Waals surface area (Å²) in [5.74, 6) is 2.08. The molecule has 0 aliphatic heterocycles. The number of benzene rings is 1. The highest BCUT2D eigenvalue weighted by atomic mass is 32.1. The Labute approximate surface area is 111 Å². The second kappa shape index (κ2) is 7.65. The molecule has 0 radical (unpaired) electrons. The number of aryl methyl sites for hydroxylation is 2. The Morgan fingerprint density at radius 2 is 1.59 bits per heavy atom. The van der Waals surface area contributed by atoms with E-state index in [9.17, 15) is 0 Å². The van der Waals surface area contributed by atoms with Crippen LogP contribution in [0.2, 0.25) is 0 Å². The van der Waals surface area contributed by atoms with Gasteiger partial charge in [-0.2, -0.15) is 12.6 Å². The molecule has 17 heavy (non-hydrogen) atoms. The molecule has 0 aromatic heterocycles. The maximum atomic E-state index is 5.91. The third-order valence-electron chi connectivity index (χ3n) is 3.17. The van der Waals surface area contributed by atoms with Gasteiger partial charge in [-0.05, 0) is 56.1 Å². The van der Waals surface area contributed by atoms with Crippen LogP contribution in [0, 0.1) is 20.8 Å². The lowest BCUT2D eigenvalue weighted by Gasteiger charge is -2.13. The molecule has 2 heteroatoms. The molecular weight excluding hydrogens is 228 g/mol. The summed E-state index contributed by atoms with van der Waals surface area (Å²) in [4.78, 5) is 0. The molecule has 0 bridgehead atoms. The van der Waals surface area contributed by atoms with Crippen molar-refractivity contribution in [2.45, 2.75) is 46.5 Å². The standard InChI is InChI=1S/C15H24OS/c1-12-8-9-13(2)15(14(12)3)16-10-6-4-5-7-11-17/h8-9,17H,4-7,10-11H2,1-3H3. The summed E-state index contributed by atoms with van der Waals surface area (Å²) in [7, 11) is 0. The lowest BCUT2D eigenvalue weighted by Crippen LogP contribution is -2.01. The molecule has 0 spiro atoms. The summed E-state index contributed by atoms with van der Waals surface area (Å²) < 4.78 is 5.91. The van der Waals surface area contributed by atoms with Crippen molar-refractivity contribution in [3.05, 3.63) is 28.8 Å². The van der Waals surface area contributed by atoms with E-state index in [2.05, 4.69) is 45.5 Å². The minimum Gasteiger partial charge on any atom is -0.493 e. The van der Waals surface area contributed by atoms with Crippen LogP contribution in [0.5, 0.6) is 5.75 Å². The van der Waals surface area contributed by atoms with Crippen molar-refractivity contribution in [3.8, 4) is 5.75 Å². The molecule has 0 N–H and O–H groups in total. The van der Waals surface area contributed by atoms with Gasteiger partial charge in [0, 0.05) is 0 Å². The second-order valence-corrected chi connectivity index (χ2v) is 5.09. The van der Waals surface area contributed by atoms with Crippen molar-refractivity contribution in [2.24, 2.45) is 0 Å². The van der Waals surface area contributed by atoms with Gasteiger partial charge in [0.15, 0.2) is 0 Å². The van der Waals surface area contributed by atoms with E-state index < -0.39 is 0 Å². The molecule has 0 atom stereocenters. The van der Waals surface area contributed by atoms with Crippen LogP contribution in [0.3, 0.4) is 0 Å². The molecule has 0 unspecified atom stereocenters. The van der Waals surface area contributed by atoms with Crippen LogP contribution in [0.15, 0.2) is 12.1 Å². The van der Waals surface area contributed by atoms with E-state index in [1.807, 2.05) is 0 Å². The molecule has 0 aliphatic carbocycles. The molecule has 1 nitrogen and oxygen atoms in total. The summed E-state index contributed by atoms with van der Waals surface area (Å²) in [5.41, 5.74) is 3.82. The molecule has 0 aliphatic rings. The third-order valence-corrected chi connectivity index (χ3v) is 3.49. The monoisotopic (exact) mass is 252 g/mol. The van der Waals surface area contributed by atoms with Gasteiger partial charge in [0.05, 0.1) is 6.61 Å². The number of unbranched alkanes of at least 4 members (excludes halogenated alkanes) is 3. The van der Waals surface area contributed by atoms with Gasteiger partial charge in [-0.15, -0.1) is 0 Å². The zero-order valence-electron chi connectivity index (χ0n) is 11.3. The van der Waals surface area contributed by atoms with E-state index in [4.69, 9.17) is 4.74 Å². The Balaban J connectivity index is 2.39. The largest absolute Gasteiger partial charge is 0.493 e. The first-order chi connectivity index (χ1) is 8.16. The fourth-order valence-electron chi connectivity index (χ4n) is 1.89. The molecule has 1 aromatic rings. The second-order valence-electron chi connectivity index (χ2n) is 4.64.